The van der Waals surface area contributed by atoms with Crippen molar-refractivity contribution in [2.24, 2.45) is 5.92 Å². The van der Waals surface area contributed by atoms with Crippen LogP contribution in [0.1, 0.15) is 56.4 Å². The second kappa shape index (κ2) is 8.75. The van der Waals surface area contributed by atoms with Gasteiger partial charge in [0.15, 0.2) is 6.29 Å². The number of aryl methyl sites for hydroxylation is 1. The van der Waals surface area contributed by atoms with Crippen molar-refractivity contribution in [3.8, 4) is 10.4 Å². The molecule has 3 rings (SSSR count). The van der Waals surface area contributed by atoms with Gasteiger partial charge < -0.3 is 9.47 Å². The van der Waals surface area contributed by atoms with Crippen LogP contribution in [-0.4, -0.2) is 18.2 Å². The lowest BCUT2D eigenvalue weighted by molar-refractivity contribution is -0.204. The number of hydrogen-bond acceptors (Lipinski definition) is 4. The summed E-state index contributed by atoms with van der Waals surface area (Å²) in [7, 11) is 0. The maximum atomic E-state index is 5.91. The zero-order chi connectivity index (χ0) is 16.8. The van der Waals surface area contributed by atoms with Gasteiger partial charge >= 0.3 is 0 Å². The third-order valence-corrected chi connectivity index (χ3v) is 5.57. The molecule has 0 atom stereocenters. The monoisotopic (exact) mass is 345 g/mol. The molecule has 2 aromatic rings. The Morgan fingerprint density at radius 2 is 1.92 bits per heavy atom. The van der Waals surface area contributed by atoms with Gasteiger partial charge in [-0.2, -0.15) is 0 Å². The van der Waals surface area contributed by atoms with Gasteiger partial charge in [-0.15, -0.1) is 11.3 Å². The molecule has 1 fully saturated rings. The lowest BCUT2D eigenvalue weighted by Gasteiger charge is -2.28. The van der Waals surface area contributed by atoms with Gasteiger partial charge in [0.25, 0.3) is 0 Å². The van der Waals surface area contributed by atoms with Crippen molar-refractivity contribution in [1.29, 1.82) is 0 Å². The third kappa shape index (κ3) is 4.44. The lowest BCUT2D eigenvalue weighted by Crippen LogP contribution is -2.26. The molecule has 0 aliphatic carbocycles. The second-order valence-electron chi connectivity index (χ2n) is 6.50. The van der Waals surface area contributed by atoms with E-state index >= 15 is 0 Å². The van der Waals surface area contributed by atoms with Crippen LogP contribution in [0.2, 0.25) is 0 Å². The molecule has 1 saturated heterocycles. The molecule has 0 aromatic carbocycles. The predicted molar refractivity (Wildman–Crippen MR) is 99.2 cm³/mol. The van der Waals surface area contributed by atoms with Gasteiger partial charge in [-0.1, -0.05) is 32.8 Å². The van der Waals surface area contributed by atoms with Crippen LogP contribution in [0.5, 0.6) is 0 Å². The number of unbranched alkanes of at least 4 members (excludes halogenated alkanes) is 1. The Labute approximate surface area is 149 Å². The van der Waals surface area contributed by atoms with E-state index in [0.29, 0.717) is 5.92 Å². The molecule has 0 bridgehead atoms. The molecule has 0 unspecified atom stereocenters. The Morgan fingerprint density at radius 3 is 2.58 bits per heavy atom. The second-order valence-corrected chi connectivity index (χ2v) is 7.61. The van der Waals surface area contributed by atoms with E-state index in [-0.39, 0.29) is 6.29 Å². The number of hydrogen-bond donors (Lipinski definition) is 0. The summed E-state index contributed by atoms with van der Waals surface area (Å²) in [6, 6.07) is 8.59. The average molecular weight is 346 g/mol. The van der Waals surface area contributed by atoms with Crippen LogP contribution in [-0.2, 0) is 15.9 Å². The highest BCUT2D eigenvalue weighted by Crippen LogP contribution is 2.35. The smallest absolute Gasteiger partial charge is 0.193 e. The molecule has 4 heteroatoms. The Kier molecular flexibility index (Phi) is 6.41. The summed E-state index contributed by atoms with van der Waals surface area (Å²) in [4.78, 5) is 6.96. The van der Waals surface area contributed by atoms with Crippen LogP contribution in [0.4, 0.5) is 0 Å². The molecule has 3 nitrogen and oxygen atoms in total. The van der Waals surface area contributed by atoms with E-state index in [2.05, 4.69) is 43.1 Å². The summed E-state index contributed by atoms with van der Waals surface area (Å²) >= 11 is 1.74. The molecular formula is C20H27NO2S. The highest BCUT2D eigenvalue weighted by atomic mass is 32.1. The van der Waals surface area contributed by atoms with Crippen LogP contribution in [0.15, 0.2) is 30.5 Å². The fourth-order valence-corrected chi connectivity index (χ4v) is 3.99. The van der Waals surface area contributed by atoms with Crippen LogP contribution >= 0.6 is 11.3 Å². The zero-order valence-electron chi connectivity index (χ0n) is 14.7. The van der Waals surface area contributed by atoms with Crippen LogP contribution in [0.25, 0.3) is 10.4 Å². The fourth-order valence-electron chi connectivity index (χ4n) is 2.99. The van der Waals surface area contributed by atoms with Gasteiger partial charge in [0.05, 0.1) is 18.1 Å². The standard InChI is InChI=1S/C20H27NO2S/c1-3-5-7-17-9-8-16(12-21-17)18-10-11-19(24-18)20-22-13-15(6-4-2)14-23-20/h8-12,15,20H,3-7,13-14H2,1-2H3/t15-,20-. The molecule has 130 valence electrons. The number of thiophene rings is 1. The zero-order valence-corrected chi connectivity index (χ0v) is 15.5. The van der Waals surface area contributed by atoms with Gasteiger partial charge in [0, 0.05) is 28.2 Å². The molecule has 3 heterocycles. The first-order valence-electron chi connectivity index (χ1n) is 9.08. The lowest BCUT2D eigenvalue weighted by atomic mass is 10.1. The first-order chi connectivity index (χ1) is 11.8. The average Bonchev–Trinajstić information content (AvgIpc) is 3.11. The van der Waals surface area contributed by atoms with Crippen molar-refractivity contribution in [1.82, 2.24) is 4.98 Å². The predicted octanol–water partition coefficient (Wildman–Crippen LogP) is 5.61. The van der Waals surface area contributed by atoms with Gasteiger partial charge in [-0.05, 0) is 37.5 Å². The van der Waals surface area contributed by atoms with Crippen molar-refractivity contribution in [2.75, 3.05) is 13.2 Å². The quantitative estimate of drug-likeness (QED) is 0.653. The summed E-state index contributed by atoms with van der Waals surface area (Å²) in [5, 5.41) is 0. The van der Waals surface area contributed by atoms with E-state index in [9.17, 15) is 0 Å². The minimum absolute atomic E-state index is 0.200. The first kappa shape index (κ1) is 17.6. The van der Waals surface area contributed by atoms with E-state index in [1.165, 1.54) is 41.8 Å². The minimum Gasteiger partial charge on any atom is -0.347 e. The molecule has 0 amide bonds. The van der Waals surface area contributed by atoms with E-state index in [1.807, 2.05) is 6.20 Å². The number of aromatic nitrogens is 1. The number of rotatable bonds is 7. The van der Waals surface area contributed by atoms with Crippen molar-refractivity contribution >= 4 is 11.3 Å². The van der Waals surface area contributed by atoms with E-state index in [4.69, 9.17) is 9.47 Å². The van der Waals surface area contributed by atoms with E-state index in [0.717, 1.165) is 24.5 Å². The van der Waals surface area contributed by atoms with Crippen molar-refractivity contribution in [3.05, 3.63) is 41.0 Å². The van der Waals surface area contributed by atoms with Crippen molar-refractivity contribution in [3.63, 3.8) is 0 Å². The Bertz CT molecular complexity index is 615. The highest BCUT2D eigenvalue weighted by molar-refractivity contribution is 7.15. The molecule has 24 heavy (non-hydrogen) atoms. The number of pyridine rings is 1. The van der Waals surface area contributed by atoms with Gasteiger partial charge in [0.1, 0.15) is 0 Å². The fraction of sp³-hybridized carbons (Fsp3) is 0.550. The van der Waals surface area contributed by atoms with Crippen LogP contribution in [0, 0.1) is 5.92 Å². The van der Waals surface area contributed by atoms with E-state index in [1.54, 1.807) is 11.3 Å². The van der Waals surface area contributed by atoms with Gasteiger partial charge in [0.2, 0.25) is 0 Å². The van der Waals surface area contributed by atoms with Gasteiger partial charge in [-0.25, -0.2) is 0 Å². The molecule has 0 N–H and O–H groups in total. The molecule has 1 aliphatic rings. The number of nitrogens with zero attached hydrogens (tertiary/aromatic N) is 1. The molecule has 1 aliphatic heterocycles. The van der Waals surface area contributed by atoms with Crippen molar-refractivity contribution in [2.45, 2.75) is 52.2 Å². The van der Waals surface area contributed by atoms with Crippen LogP contribution in [0.3, 0.4) is 0 Å². The molecular weight excluding hydrogens is 318 g/mol. The maximum Gasteiger partial charge on any atom is 0.193 e. The van der Waals surface area contributed by atoms with Crippen LogP contribution < -0.4 is 0 Å². The molecule has 2 aromatic heterocycles. The highest BCUT2D eigenvalue weighted by Gasteiger charge is 2.24. The summed E-state index contributed by atoms with van der Waals surface area (Å²) in [5.41, 5.74) is 2.35. The molecule has 0 spiro atoms. The maximum absolute atomic E-state index is 5.91. The van der Waals surface area contributed by atoms with E-state index < -0.39 is 0 Å². The summed E-state index contributed by atoms with van der Waals surface area (Å²) in [6.07, 6.45) is 7.62. The normalized spacial score (nSPS) is 21.1. The Balaban J connectivity index is 1.61. The molecule has 0 radical (unpaired) electrons. The van der Waals surface area contributed by atoms with Gasteiger partial charge in [-0.3, -0.25) is 4.98 Å². The topological polar surface area (TPSA) is 31.4 Å². The third-order valence-electron chi connectivity index (χ3n) is 4.42. The minimum atomic E-state index is -0.200. The van der Waals surface area contributed by atoms with Crippen molar-refractivity contribution < 1.29 is 9.47 Å². The first-order valence-corrected chi connectivity index (χ1v) is 9.90. The Hall–Kier alpha value is -1.23. The molecule has 0 saturated carbocycles. The Morgan fingerprint density at radius 1 is 1.08 bits per heavy atom. The summed E-state index contributed by atoms with van der Waals surface area (Å²) < 4.78 is 11.8. The summed E-state index contributed by atoms with van der Waals surface area (Å²) in [6.45, 7) is 6.03. The summed E-state index contributed by atoms with van der Waals surface area (Å²) in [5.74, 6) is 0.547. The largest absolute Gasteiger partial charge is 0.347 e. The SMILES string of the molecule is CCCCc1ccc(-c2ccc([C@H]3OC[C@H](CCC)CO3)s2)cn1. The number of ether oxygens (including phenoxy) is 2.